The summed E-state index contributed by atoms with van der Waals surface area (Å²) >= 11 is 0. The maximum absolute atomic E-state index is 10.5. The predicted molar refractivity (Wildman–Crippen MR) is 108 cm³/mol. The number of benzene rings is 2. The van der Waals surface area contributed by atoms with Crippen molar-refractivity contribution in [3.05, 3.63) is 71.8 Å². The zero-order chi connectivity index (χ0) is 22.5. The minimum Gasteiger partial charge on any atom is -0.481 e. The molecule has 0 saturated heterocycles. The fourth-order valence-corrected chi connectivity index (χ4v) is 2.75. The summed E-state index contributed by atoms with van der Waals surface area (Å²) < 4.78 is 0. The van der Waals surface area contributed by atoms with Crippen molar-refractivity contribution in [2.75, 3.05) is 0 Å². The Hall–Kier alpha value is -3.68. The van der Waals surface area contributed by atoms with Crippen LogP contribution >= 0.6 is 0 Å². The maximum Gasteiger partial charge on any atom is 0.335 e. The molecule has 1 aliphatic carbocycles. The van der Waals surface area contributed by atoms with E-state index in [0.717, 1.165) is 0 Å². The van der Waals surface area contributed by atoms with Crippen molar-refractivity contribution in [2.24, 2.45) is 11.8 Å². The van der Waals surface area contributed by atoms with Crippen LogP contribution in [0, 0.1) is 11.8 Å². The molecule has 1 aliphatic rings. The molecule has 8 heteroatoms. The zero-order valence-corrected chi connectivity index (χ0v) is 16.2. The van der Waals surface area contributed by atoms with Crippen molar-refractivity contribution in [1.82, 2.24) is 0 Å². The third-order valence-corrected chi connectivity index (χ3v) is 4.47. The van der Waals surface area contributed by atoms with Crippen molar-refractivity contribution in [3.8, 4) is 0 Å². The highest BCUT2D eigenvalue weighted by Gasteiger charge is 2.29. The van der Waals surface area contributed by atoms with Crippen LogP contribution in [0.25, 0.3) is 0 Å². The van der Waals surface area contributed by atoms with Gasteiger partial charge in [0.25, 0.3) is 0 Å². The lowest BCUT2D eigenvalue weighted by molar-refractivity contribution is -0.148. The molecule has 2 aromatic rings. The minimum absolute atomic E-state index is 0.319. The van der Waals surface area contributed by atoms with Crippen LogP contribution in [-0.2, 0) is 9.59 Å². The zero-order valence-electron chi connectivity index (χ0n) is 16.2. The van der Waals surface area contributed by atoms with Crippen LogP contribution in [0.1, 0.15) is 46.4 Å². The molecule has 0 spiro atoms. The van der Waals surface area contributed by atoms with E-state index in [4.69, 9.17) is 20.4 Å². The highest BCUT2D eigenvalue weighted by Crippen LogP contribution is 2.28. The van der Waals surface area contributed by atoms with Gasteiger partial charge in [-0.05, 0) is 49.9 Å². The maximum atomic E-state index is 10.5. The molecular formula is C22H24O8. The third kappa shape index (κ3) is 9.01. The smallest absolute Gasteiger partial charge is 0.335 e. The van der Waals surface area contributed by atoms with E-state index in [1.807, 2.05) is 0 Å². The van der Waals surface area contributed by atoms with E-state index in [1.165, 1.54) is 0 Å². The molecule has 3 rings (SSSR count). The Morgan fingerprint density at radius 1 is 0.533 bits per heavy atom. The fraction of sp³-hybridized carbons (Fsp3) is 0.273. The van der Waals surface area contributed by atoms with Crippen LogP contribution in [0.3, 0.4) is 0 Å². The highest BCUT2D eigenvalue weighted by molar-refractivity contribution is 5.87. The monoisotopic (exact) mass is 416 g/mol. The van der Waals surface area contributed by atoms with Gasteiger partial charge in [0.1, 0.15) is 0 Å². The molecule has 8 nitrogen and oxygen atoms in total. The molecule has 0 unspecified atom stereocenters. The van der Waals surface area contributed by atoms with Crippen LogP contribution < -0.4 is 0 Å². The molecule has 1 fully saturated rings. The van der Waals surface area contributed by atoms with Crippen molar-refractivity contribution < 1.29 is 39.6 Å². The lowest BCUT2D eigenvalue weighted by Crippen LogP contribution is -2.25. The molecule has 0 radical (unpaired) electrons. The first-order chi connectivity index (χ1) is 14.2. The van der Waals surface area contributed by atoms with Crippen LogP contribution in [0.4, 0.5) is 0 Å². The number of carboxylic acids is 4. The van der Waals surface area contributed by atoms with Gasteiger partial charge in [0.2, 0.25) is 0 Å². The van der Waals surface area contributed by atoms with Gasteiger partial charge >= 0.3 is 23.9 Å². The summed E-state index contributed by atoms with van der Waals surface area (Å²) in [6.07, 6.45) is 2.03. The lowest BCUT2D eigenvalue weighted by Gasteiger charge is -2.22. The molecule has 160 valence electrons. The van der Waals surface area contributed by atoms with Crippen molar-refractivity contribution >= 4 is 23.9 Å². The minimum atomic E-state index is -0.879. The number of aliphatic carboxylic acids is 2. The van der Waals surface area contributed by atoms with Gasteiger partial charge in [0.05, 0.1) is 23.0 Å². The number of hydrogen-bond donors (Lipinski definition) is 4. The standard InChI is InChI=1S/C8H12O4.2C7H6O2/c9-7(10)5-1-2-6(4-3-5)8(11)12;2*8-7(9)6-4-2-1-3-5-6/h5-6H,1-4H2,(H,9,10)(H,11,12);2*1-5H,(H,8,9). The van der Waals surface area contributed by atoms with Gasteiger partial charge in [-0.25, -0.2) is 9.59 Å². The van der Waals surface area contributed by atoms with Gasteiger partial charge in [-0.3, -0.25) is 9.59 Å². The molecule has 2 aromatic carbocycles. The molecule has 0 aromatic heterocycles. The second-order valence-corrected chi connectivity index (χ2v) is 6.57. The Morgan fingerprint density at radius 2 is 0.800 bits per heavy atom. The summed E-state index contributed by atoms with van der Waals surface area (Å²) in [7, 11) is 0. The average Bonchev–Trinajstić information content (AvgIpc) is 2.76. The van der Waals surface area contributed by atoms with Crippen LogP contribution in [0.15, 0.2) is 60.7 Å². The lowest BCUT2D eigenvalue weighted by atomic mass is 9.82. The summed E-state index contributed by atoms with van der Waals surface area (Å²) in [6, 6.07) is 16.6. The summed E-state index contributed by atoms with van der Waals surface area (Å²) in [5, 5.41) is 34.0. The van der Waals surface area contributed by atoms with E-state index >= 15 is 0 Å². The number of carboxylic acid groups (broad SMARTS) is 4. The van der Waals surface area contributed by atoms with E-state index in [0.29, 0.717) is 36.8 Å². The number of rotatable bonds is 4. The summed E-state index contributed by atoms with van der Waals surface area (Å²) in [4.78, 5) is 41.4. The summed E-state index contributed by atoms with van der Waals surface area (Å²) in [6.45, 7) is 0. The first-order valence-electron chi connectivity index (χ1n) is 9.24. The first-order valence-corrected chi connectivity index (χ1v) is 9.24. The predicted octanol–water partition coefficient (Wildman–Crippen LogP) is 3.73. The van der Waals surface area contributed by atoms with Crippen LogP contribution in [-0.4, -0.2) is 44.3 Å². The molecule has 4 N–H and O–H groups in total. The largest absolute Gasteiger partial charge is 0.481 e. The molecular weight excluding hydrogens is 392 g/mol. The fourth-order valence-electron chi connectivity index (χ4n) is 2.75. The summed E-state index contributed by atoms with van der Waals surface area (Å²) in [5.41, 5.74) is 0.662. The first kappa shape index (κ1) is 24.4. The number of carbonyl (C=O) groups is 4. The Labute approximate surface area is 173 Å². The quantitative estimate of drug-likeness (QED) is 0.589. The van der Waals surface area contributed by atoms with Gasteiger partial charge in [-0.1, -0.05) is 36.4 Å². The van der Waals surface area contributed by atoms with Crippen LogP contribution in [0.2, 0.25) is 0 Å². The van der Waals surface area contributed by atoms with Crippen molar-refractivity contribution in [3.63, 3.8) is 0 Å². The Bertz CT molecular complexity index is 753. The molecule has 30 heavy (non-hydrogen) atoms. The molecule has 1 saturated carbocycles. The second-order valence-electron chi connectivity index (χ2n) is 6.57. The highest BCUT2D eigenvalue weighted by atomic mass is 16.4. The molecule has 0 amide bonds. The second kappa shape index (κ2) is 12.7. The van der Waals surface area contributed by atoms with E-state index < -0.39 is 23.9 Å². The Kier molecular flexibility index (Phi) is 10.3. The van der Waals surface area contributed by atoms with Gasteiger partial charge in [0, 0.05) is 0 Å². The van der Waals surface area contributed by atoms with E-state index in [-0.39, 0.29) is 11.8 Å². The molecule has 0 heterocycles. The Balaban J connectivity index is 0.000000229. The van der Waals surface area contributed by atoms with Gasteiger partial charge < -0.3 is 20.4 Å². The molecule has 0 aliphatic heterocycles. The van der Waals surface area contributed by atoms with Gasteiger partial charge in [-0.15, -0.1) is 0 Å². The van der Waals surface area contributed by atoms with Crippen molar-refractivity contribution in [2.45, 2.75) is 25.7 Å². The normalized spacial score (nSPS) is 17.2. The number of aromatic carboxylic acids is 2. The number of hydrogen-bond acceptors (Lipinski definition) is 4. The average molecular weight is 416 g/mol. The molecule has 0 bridgehead atoms. The van der Waals surface area contributed by atoms with E-state index in [2.05, 4.69) is 0 Å². The Morgan fingerprint density at radius 3 is 0.967 bits per heavy atom. The van der Waals surface area contributed by atoms with Gasteiger partial charge in [0.15, 0.2) is 0 Å². The van der Waals surface area contributed by atoms with Crippen LogP contribution in [0.5, 0.6) is 0 Å². The SMILES string of the molecule is O=C(O)C1CCC(C(=O)O)CC1.O=C(O)c1ccccc1.O=C(O)c1ccccc1. The van der Waals surface area contributed by atoms with Crippen molar-refractivity contribution in [1.29, 1.82) is 0 Å². The summed E-state index contributed by atoms with van der Waals surface area (Å²) in [5.74, 6) is -3.98. The van der Waals surface area contributed by atoms with E-state index in [9.17, 15) is 19.2 Å². The van der Waals surface area contributed by atoms with E-state index in [1.54, 1.807) is 60.7 Å². The van der Waals surface area contributed by atoms with Gasteiger partial charge in [-0.2, -0.15) is 0 Å². The third-order valence-electron chi connectivity index (χ3n) is 4.47. The topological polar surface area (TPSA) is 149 Å². The molecule has 0 atom stereocenters.